The summed E-state index contributed by atoms with van der Waals surface area (Å²) in [6, 6.07) is 26.8. The number of benzene rings is 3. The molecule has 1 nitrogen and oxygen atoms in total. The molecular weight excluding hydrogens is 505 g/mol. The van der Waals surface area contributed by atoms with Gasteiger partial charge >= 0.3 is 0 Å². The molecule has 1 atom stereocenters. The van der Waals surface area contributed by atoms with Gasteiger partial charge < -0.3 is 4.90 Å². The van der Waals surface area contributed by atoms with Crippen molar-refractivity contribution in [2.75, 3.05) is 19.6 Å². The van der Waals surface area contributed by atoms with Crippen LogP contribution >= 0.6 is 23.2 Å². The lowest BCUT2D eigenvalue weighted by Crippen LogP contribution is -2.36. The third kappa shape index (κ3) is 9.31. The van der Waals surface area contributed by atoms with Crippen molar-refractivity contribution in [3.8, 4) is 0 Å². The lowest BCUT2D eigenvalue weighted by atomic mass is 9.88. The third-order valence-electron chi connectivity index (χ3n) is 7.33. The Bertz CT molecular complexity index is 1110. The Hall–Kier alpha value is -2.58. The molecule has 0 aliphatic carbocycles. The molecule has 4 rings (SSSR count). The highest BCUT2D eigenvalue weighted by atomic mass is 35.5. The van der Waals surface area contributed by atoms with Gasteiger partial charge in [-0.05, 0) is 85.3 Å². The van der Waals surface area contributed by atoms with E-state index < -0.39 is 0 Å². The molecule has 1 aliphatic rings. The van der Waals surface area contributed by atoms with Gasteiger partial charge in [0.25, 0.3) is 0 Å². The van der Waals surface area contributed by atoms with Crippen LogP contribution in [0, 0.1) is 5.92 Å². The van der Waals surface area contributed by atoms with Crippen LogP contribution in [0.4, 0.5) is 0 Å². The maximum Gasteiger partial charge on any atom is 0.0406 e. The molecule has 0 amide bonds. The first-order valence-electron chi connectivity index (χ1n) is 13.6. The van der Waals surface area contributed by atoms with Crippen molar-refractivity contribution in [3.05, 3.63) is 142 Å². The SMILES string of the molecule is C=C/C=C(\C=C/C)C(CN1CCC(C)CC1)c1ccccc1.CC(c1ccc(Cl)cc1)c1ccc(Cl)cc1. The predicted molar refractivity (Wildman–Crippen MR) is 168 cm³/mol. The Morgan fingerprint density at radius 1 is 0.868 bits per heavy atom. The van der Waals surface area contributed by atoms with Crippen LogP contribution in [0.3, 0.4) is 0 Å². The van der Waals surface area contributed by atoms with Crippen molar-refractivity contribution in [2.45, 2.75) is 45.4 Å². The van der Waals surface area contributed by atoms with Gasteiger partial charge in [0.1, 0.15) is 0 Å². The van der Waals surface area contributed by atoms with E-state index in [1.807, 2.05) is 30.3 Å². The molecule has 1 unspecified atom stereocenters. The molecule has 3 heteroatoms. The highest BCUT2D eigenvalue weighted by Crippen LogP contribution is 2.29. The van der Waals surface area contributed by atoms with Crippen molar-refractivity contribution in [1.82, 2.24) is 4.90 Å². The minimum atomic E-state index is 0.356. The van der Waals surface area contributed by atoms with Gasteiger partial charge in [-0.1, -0.05) is 123 Å². The lowest BCUT2D eigenvalue weighted by Gasteiger charge is -2.33. The second-order valence-corrected chi connectivity index (χ2v) is 11.0. The number of piperidine rings is 1. The molecule has 0 N–H and O–H groups in total. The van der Waals surface area contributed by atoms with E-state index >= 15 is 0 Å². The van der Waals surface area contributed by atoms with Crippen LogP contribution < -0.4 is 0 Å². The molecule has 200 valence electrons. The number of nitrogens with zero attached hydrogens (tertiary/aromatic N) is 1. The normalized spacial score (nSPS) is 15.8. The monoisotopic (exact) mass is 545 g/mol. The van der Waals surface area contributed by atoms with E-state index in [0.717, 1.165) is 22.5 Å². The standard InChI is InChI=1S/C21H29N.C14H12Cl2/c1-4-9-19(10-5-2)21(20-11-7-6-8-12-20)17-22-15-13-18(3)14-16-22;1-10(11-2-6-13(15)7-3-11)12-4-8-14(16)9-5-12/h4-12,18,21H,1,13-17H2,2-3H3;2-10H,1H3/b10-5-,19-9+;. The number of rotatable bonds is 8. The fourth-order valence-corrected chi connectivity index (χ4v) is 5.16. The van der Waals surface area contributed by atoms with Crippen LogP contribution in [0.5, 0.6) is 0 Å². The van der Waals surface area contributed by atoms with Crippen molar-refractivity contribution < 1.29 is 0 Å². The van der Waals surface area contributed by atoms with Crippen LogP contribution in [0.25, 0.3) is 0 Å². The first-order chi connectivity index (χ1) is 18.4. The molecule has 0 saturated carbocycles. The van der Waals surface area contributed by atoms with Gasteiger partial charge in [-0.3, -0.25) is 0 Å². The summed E-state index contributed by atoms with van der Waals surface area (Å²) in [5.74, 6) is 1.66. The van der Waals surface area contributed by atoms with E-state index in [9.17, 15) is 0 Å². The molecule has 0 spiro atoms. The Balaban J connectivity index is 0.000000221. The zero-order valence-corrected chi connectivity index (χ0v) is 24.5. The van der Waals surface area contributed by atoms with Crippen molar-refractivity contribution >= 4 is 23.2 Å². The second kappa shape index (κ2) is 15.7. The minimum absolute atomic E-state index is 0.356. The maximum atomic E-state index is 5.87. The average molecular weight is 547 g/mol. The van der Waals surface area contributed by atoms with Gasteiger partial charge in [0.05, 0.1) is 0 Å². The lowest BCUT2D eigenvalue weighted by molar-refractivity contribution is 0.187. The smallest absolute Gasteiger partial charge is 0.0406 e. The fraction of sp³-hybridized carbons (Fsp3) is 0.314. The molecule has 1 saturated heterocycles. The summed E-state index contributed by atoms with van der Waals surface area (Å²) in [6.45, 7) is 14.1. The summed E-state index contributed by atoms with van der Waals surface area (Å²) in [4.78, 5) is 2.62. The van der Waals surface area contributed by atoms with E-state index in [0.29, 0.717) is 11.8 Å². The van der Waals surface area contributed by atoms with E-state index in [-0.39, 0.29) is 0 Å². The Morgan fingerprint density at radius 2 is 1.39 bits per heavy atom. The molecule has 1 aliphatic heterocycles. The average Bonchev–Trinajstić information content (AvgIpc) is 2.94. The first-order valence-corrected chi connectivity index (χ1v) is 14.4. The van der Waals surface area contributed by atoms with Gasteiger partial charge in [-0.25, -0.2) is 0 Å². The molecular formula is C35H41Cl2N. The first kappa shape index (κ1) is 30.0. The van der Waals surface area contributed by atoms with Crippen LogP contribution in [-0.4, -0.2) is 24.5 Å². The summed E-state index contributed by atoms with van der Waals surface area (Å²) in [7, 11) is 0. The highest BCUT2D eigenvalue weighted by Gasteiger charge is 2.22. The fourth-order valence-electron chi connectivity index (χ4n) is 4.90. The number of halogens is 2. The van der Waals surface area contributed by atoms with Gasteiger partial charge in [0, 0.05) is 28.4 Å². The minimum Gasteiger partial charge on any atom is -0.302 e. The summed E-state index contributed by atoms with van der Waals surface area (Å²) in [5, 5.41) is 1.54. The molecule has 0 bridgehead atoms. The largest absolute Gasteiger partial charge is 0.302 e. The summed E-state index contributed by atoms with van der Waals surface area (Å²) in [5.41, 5.74) is 5.26. The molecule has 3 aromatic rings. The van der Waals surface area contributed by atoms with Crippen LogP contribution in [0.15, 0.2) is 115 Å². The van der Waals surface area contributed by atoms with Crippen molar-refractivity contribution in [1.29, 1.82) is 0 Å². The van der Waals surface area contributed by atoms with Crippen LogP contribution in [0.1, 0.15) is 62.1 Å². The van der Waals surface area contributed by atoms with E-state index in [2.05, 4.69) is 105 Å². The van der Waals surface area contributed by atoms with Gasteiger partial charge in [0.2, 0.25) is 0 Å². The van der Waals surface area contributed by atoms with E-state index in [4.69, 9.17) is 23.2 Å². The second-order valence-electron chi connectivity index (χ2n) is 10.2. The van der Waals surface area contributed by atoms with E-state index in [1.54, 1.807) is 0 Å². The molecule has 1 fully saturated rings. The Morgan fingerprint density at radius 3 is 1.87 bits per heavy atom. The highest BCUT2D eigenvalue weighted by molar-refractivity contribution is 6.30. The summed E-state index contributed by atoms with van der Waals surface area (Å²) in [6.07, 6.45) is 11.1. The zero-order valence-electron chi connectivity index (χ0n) is 23.0. The number of hydrogen-bond acceptors (Lipinski definition) is 1. The van der Waals surface area contributed by atoms with Gasteiger partial charge in [0.15, 0.2) is 0 Å². The van der Waals surface area contributed by atoms with Gasteiger partial charge in [-0.15, -0.1) is 0 Å². The van der Waals surface area contributed by atoms with Crippen molar-refractivity contribution in [2.24, 2.45) is 5.92 Å². The summed E-state index contributed by atoms with van der Waals surface area (Å²) >= 11 is 11.7. The quantitative estimate of drug-likeness (QED) is 0.254. The maximum absolute atomic E-state index is 5.87. The zero-order chi connectivity index (χ0) is 27.3. The molecule has 1 heterocycles. The van der Waals surface area contributed by atoms with E-state index in [1.165, 1.54) is 48.2 Å². The predicted octanol–water partition coefficient (Wildman–Crippen LogP) is 10.3. The van der Waals surface area contributed by atoms with Crippen molar-refractivity contribution in [3.63, 3.8) is 0 Å². The molecule has 38 heavy (non-hydrogen) atoms. The molecule has 0 radical (unpaired) electrons. The number of allylic oxidation sites excluding steroid dienone is 4. The molecule has 3 aromatic carbocycles. The molecule has 0 aromatic heterocycles. The third-order valence-corrected chi connectivity index (χ3v) is 7.83. The van der Waals surface area contributed by atoms with Crippen LogP contribution in [-0.2, 0) is 0 Å². The topological polar surface area (TPSA) is 3.24 Å². The van der Waals surface area contributed by atoms with Crippen LogP contribution in [0.2, 0.25) is 10.0 Å². The number of hydrogen-bond donors (Lipinski definition) is 0. The number of likely N-dealkylation sites (tertiary alicyclic amines) is 1. The Labute approximate surface area is 240 Å². The van der Waals surface area contributed by atoms with Gasteiger partial charge in [-0.2, -0.15) is 0 Å². The Kier molecular flexibility index (Phi) is 12.4. The summed E-state index contributed by atoms with van der Waals surface area (Å²) < 4.78 is 0.